The van der Waals surface area contributed by atoms with E-state index in [1.165, 1.54) is 43.5 Å². The van der Waals surface area contributed by atoms with Gasteiger partial charge in [-0.15, -0.1) is 0 Å². The minimum atomic E-state index is -1.22. The number of benzene rings is 2. The van der Waals surface area contributed by atoms with Gasteiger partial charge in [0.05, 0.1) is 18.4 Å². The number of phenols is 2. The lowest BCUT2D eigenvalue weighted by molar-refractivity contribution is -0.111. The lowest BCUT2D eigenvalue weighted by Crippen LogP contribution is -2.11. The molecule has 0 aromatic heterocycles. The fourth-order valence-corrected chi connectivity index (χ4v) is 1.97. The first-order chi connectivity index (χ1) is 11.4. The van der Waals surface area contributed by atoms with E-state index in [-0.39, 0.29) is 28.5 Å². The molecule has 0 saturated heterocycles. The zero-order valence-electron chi connectivity index (χ0n) is 12.7. The zero-order chi connectivity index (χ0) is 17.7. The van der Waals surface area contributed by atoms with Crippen molar-refractivity contribution in [3.8, 4) is 17.2 Å². The SMILES string of the molecule is COc1cc(C=CC(=O)Nc2cc(O)ccc2C(=O)O)ccc1O. The van der Waals surface area contributed by atoms with E-state index in [0.29, 0.717) is 5.56 Å². The van der Waals surface area contributed by atoms with Gasteiger partial charge < -0.3 is 25.4 Å². The highest BCUT2D eigenvalue weighted by Gasteiger charge is 2.12. The van der Waals surface area contributed by atoms with Crippen molar-refractivity contribution < 1.29 is 29.6 Å². The van der Waals surface area contributed by atoms with Gasteiger partial charge in [0.1, 0.15) is 5.75 Å². The minimum Gasteiger partial charge on any atom is -0.508 e. The van der Waals surface area contributed by atoms with Gasteiger partial charge in [-0.2, -0.15) is 0 Å². The molecular formula is C17H15NO6. The summed E-state index contributed by atoms with van der Waals surface area (Å²) in [5.41, 5.74) is 0.454. The number of methoxy groups -OCH3 is 1. The van der Waals surface area contributed by atoms with Gasteiger partial charge in [0, 0.05) is 12.1 Å². The molecule has 0 unspecified atom stereocenters. The Morgan fingerprint density at radius 1 is 1.12 bits per heavy atom. The van der Waals surface area contributed by atoms with Crippen LogP contribution in [0.25, 0.3) is 6.08 Å². The van der Waals surface area contributed by atoms with Crippen molar-refractivity contribution in [3.63, 3.8) is 0 Å². The van der Waals surface area contributed by atoms with Crippen LogP contribution in [0.15, 0.2) is 42.5 Å². The quantitative estimate of drug-likeness (QED) is 0.626. The number of carboxylic acid groups (broad SMARTS) is 1. The van der Waals surface area contributed by atoms with Gasteiger partial charge in [0.15, 0.2) is 11.5 Å². The Bertz CT molecular complexity index is 813. The summed E-state index contributed by atoms with van der Waals surface area (Å²) >= 11 is 0. The molecule has 2 aromatic carbocycles. The summed E-state index contributed by atoms with van der Waals surface area (Å²) in [7, 11) is 1.41. The third-order valence-corrected chi connectivity index (χ3v) is 3.12. The number of phenolic OH excluding ortho intramolecular Hbond substituents is 2. The molecule has 0 aliphatic heterocycles. The first kappa shape index (κ1) is 16.9. The van der Waals surface area contributed by atoms with Crippen LogP contribution in [0.5, 0.6) is 17.2 Å². The molecule has 0 aliphatic carbocycles. The second-order valence-electron chi connectivity index (χ2n) is 4.79. The smallest absolute Gasteiger partial charge is 0.337 e. The topological polar surface area (TPSA) is 116 Å². The van der Waals surface area contributed by atoms with Crippen LogP contribution in [-0.4, -0.2) is 34.3 Å². The molecule has 4 N–H and O–H groups in total. The van der Waals surface area contributed by atoms with Crippen molar-refractivity contribution in [1.82, 2.24) is 0 Å². The van der Waals surface area contributed by atoms with Crippen molar-refractivity contribution in [2.45, 2.75) is 0 Å². The Kier molecular flexibility index (Phi) is 5.06. The maximum atomic E-state index is 11.9. The van der Waals surface area contributed by atoms with E-state index in [2.05, 4.69) is 5.32 Å². The minimum absolute atomic E-state index is 0.0135. The molecule has 24 heavy (non-hydrogen) atoms. The van der Waals surface area contributed by atoms with Crippen molar-refractivity contribution in [1.29, 1.82) is 0 Å². The first-order valence-corrected chi connectivity index (χ1v) is 6.83. The Hall–Kier alpha value is -3.48. The number of carbonyl (C=O) groups is 2. The van der Waals surface area contributed by atoms with Gasteiger partial charge in [-0.3, -0.25) is 4.79 Å². The van der Waals surface area contributed by atoms with Gasteiger partial charge in [0.25, 0.3) is 0 Å². The van der Waals surface area contributed by atoms with Crippen LogP contribution in [0.1, 0.15) is 15.9 Å². The van der Waals surface area contributed by atoms with E-state index in [9.17, 15) is 19.8 Å². The molecule has 0 saturated carbocycles. The van der Waals surface area contributed by atoms with Gasteiger partial charge in [-0.25, -0.2) is 4.79 Å². The average Bonchev–Trinajstić information content (AvgIpc) is 2.53. The molecule has 1 amide bonds. The van der Waals surface area contributed by atoms with E-state index >= 15 is 0 Å². The highest BCUT2D eigenvalue weighted by Crippen LogP contribution is 2.27. The van der Waals surface area contributed by atoms with Crippen molar-refractivity contribution in [3.05, 3.63) is 53.6 Å². The van der Waals surface area contributed by atoms with Gasteiger partial charge in [-0.05, 0) is 35.9 Å². The summed E-state index contributed by atoms with van der Waals surface area (Å²) < 4.78 is 4.97. The molecule has 2 rings (SSSR count). The maximum absolute atomic E-state index is 11.9. The molecule has 124 valence electrons. The number of hydrogen-bond donors (Lipinski definition) is 4. The summed E-state index contributed by atoms with van der Waals surface area (Å²) in [5, 5.41) is 30.4. The van der Waals surface area contributed by atoms with Crippen LogP contribution in [0.4, 0.5) is 5.69 Å². The summed E-state index contributed by atoms with van der Waals surface area (Å²) in [4.78, 5) is 23.0. The summed E-state index contributed by atoms with van der Waals surface area (Å²) in [6, 6.07) is 8.11. The summed E-state index contributed by atoms with van der Waals surface area (Å²) in [6.07, 6.45) is 2.67. The van der Waals surface area contributed by atoms with E-state index in [1.807, 2.05) is 0 Å². The number of ether oxygens (including phenoxy) is 1. The van der Waals surface area contributed by atoms with Crippen LogP contribution in [0, 0.1) is 0 Å². The monoisotopic (exact) mass is 329 g/mol. The van der Waals surface area contributed by atoms with Crippen LogP contribution in [-0.2, 0) is 4.79 Å². The number of carbonyl (C=O) groups excluding carboxylic acids is 1. The number of aromatic carboxylic acids is 1. The lowest BCUT2D eigenvalue weighted by atomic mass is 10.1. The number of carboxylic acids is 1. The fourth-order valence-electron chi connectivity index (χ4n) is 1.97. The van der Waals surface area contributed by atoms with Crippen LogP contribution in [0.2, 0.25) is 0 Å². The number of hydrogen-bond acceptors (Lipinski definition) is 5. The fraction of sp³-hybridized carbons (Fsp3) is 0.0588. The van der Waals surface area contributed by atoms with Crippen molar-refractivity contribution in [2.24, 2.45) is 0 Å². The van der Waals surface area contributed by atoms with Crippen molar-refractivity contribution in [2.75, 3.05) is 12.4 Å². The molecule has 7 nitrogen and oxygen atoms in total. The Morgan fingerprint density at radius 3 is 2.54 bits per heavy atom. The highest BCUT2D eigenvalue weighted by molar-refractivity contribution is 6.06. The van der Waals surface area contributed by atoms with Crippen LogP contribution >= 0.6 is 0 Å². The third kappa shape index (κ3) is 4.04. The van der Waals surface area contributed by atoms with Gasteiger partial charge in [-0.1, -0.05) is 6.07 Å². The molecule has 0 bridgehead atoms. The van der Waals surface area contributed by atoms with E-state index in [1.54, 1.807) is 6.07 Å². The third-order valence-electron chi connectivity index (χ3n) is 3.12. The predicted octanol–water partition coefficient (Wildman–Crippen LogP) is 2.46. The number of aromatic hydroxyl groups is 2. The Labute approximate surface area is 137 Å². The Balaban J connectivity index is 2.16. The van der Waals surface area contributed by atoms with E-state index in [4.69, 9.17) is 9.84 Å². The predicted molar refractivity (Wildman–Crippen MR) is 87.4 cm³/mol. The zero-order valence-corrected chi connectivity index (χ0v) is 12.7. The van der Waals surface area contributed by atoms with Gasteiger partial charge in [0.2, 0.25) is 5.91 Å². The lowest BCUT2D eigenvalue weighted by Gasteiger charge is -2.07. The molecule has 7 heteroatoms. The van der Waals surface area contributed by atoms with E-state index < -0.39 is 11.9 Å². The number of rotatable bonds is 5. The highest BCUT2D eigenvalue weighted by atomic mass is 16.5. The van der Waals surface area contributed by atoms with Crippen LogP contribution < -0.4 is 10.1 Å². The standard InChI is InChI=1S/C17H15NO6/c1-24-15-8-10(2-6-14(15)20)3-7-16(21)18-13-9-11(19)4-5-12(13)17(22)23/h2-9,19-20H,1H3,(H,18,21)(H,22,23). The molecule has 0 radical (unpaired) electrons. The molecule has 2 aromatic rings. The van der Waals surface area contributed by atoms with Gasteiger partial charge >= 0.3 is 5.97 Å². The van der Waals surface area contributed by atoms with Crippen LogP contribution in [0.3, 0.4) is 0 Å². The number of anilines is 1. The normalized spacial score (nSPS) is 10.5. The second-order valence-corrected chi connectivity index (χ2v) is 4.79. The largest absolute Gasteiger partial charge is 0.508 e. The maximum Gasteiger partial charge on any atom is 0.337 e. The Morgan fingerprint density at radius 2 is 1.88 bits per heavy atom. The molecular weight excluding hydrogens is 314 g/mol. The summed E-state index contributed by atoms with van der Waals surface area (Å²) in [6.45, 7) is 0. The molecule has 0 fully saturated rings. The molecule has 0 heterocycles. The molecule has 0 aliphatic rings. The first-order valence-electron chi connectivity index (χ1n) is 6.83. The second kappa shape index (κ2) is 7.19. The number of nitrogens with one attached hydrogen (secondary N) is 1. The van der Waals surface area contributed by atoms with Crippen molar-refractivity contribution >= 4 is 23.6 Å². The molecule has 0 atom stereocenters. The average molecular weight is 329 g/mol. The molecule has 0 spiro atoms. The summed E-state index contributed by atoms with van der Waals surface area (Å²) in [5.74, 6) is -1.72. The number of amides is 1. The van der Waals surface area contributed by atoms with E-state index in [0.717, 1.165) is 6.07 Å².